The zero-order valence-corrected chi connectivity index (χ0v) is 17.7. The maximum atomic E-state index is 11.0. The molecule has 2 aromatic carbocycles. The van der Waals surface area contributed by atoms with Gasteiger partial charge in [-0.1, -0.05) is 41.9 Å². The lowest BCUT2D eigenvalue weighted by Gasteiger charge is -2.32. The molecule has 0 unspecified atom stereocenters. The molecule has 1 fully saturated rings. The van der Waals surface area contributed by atoms with E-state index in [1.54, 1.807) is 12.1 Å². The van der Waals surface area contributed by atoms with Crippen LogP contribution < -0.4 is 4.74 Å². The molecule has 4 rings (SSSR count). The molecule has 1 saturated heterocycles. The number of H-pyrrole nitrogens is 1. The molecule has 0 bridgehead atoms. The van der Waals surface area contributed by atoms with Crippen LogP contribution in [0.25, 0.3) is 10.9 Å². The largest absolute Gasteiger partial charge is 0.511 e. The number of ether oxygens (including phenoxy) is 1. The molecule has 3 aromatic rings. The normalized spacial score (nSPS) is 15.5. The van der Waals surface area contributed by atoms with Crippen molar-refractivity contribution in [1.29, 1.82) is 0 Å². The highest BCUT2D eigenvalue weighted by Gasteiger charge is 2.20. The van der Waals surface area contributed by atoms with E-state index < -0.39 is 6.16 Å². The van der Waals surface area contributed by atoms with Crippen LogP contribution in [0.1, 0.15) is 42.7 Å². The van der Waals surface area contributed by atoms with Crippen LogP contribution in [0.3, 0.4) is 0 Å². The summed E-state index contributed by atoms with van der Waals surface area (Å²) in [4.78, 5) is 16.7. The highest BCUT2D eigenvalue weighted by atomic mass is 35.5. The van der Waals surface area contributed by atoms with E-state index in [0.717, 1.165) is 55.4 Å². The lowest BCUT2D eigenvalue weighted by Crippen LogP contribution is -2.33. The zero-order valence-electron chi connectivity index (χ0n) is 16.9. The summed E-state index contributed by atoms with van der Waals surface area (Å²) in [6, 6.07) is 14.1. The van der Waals surface area contributed by atoms with Crippen molar-refractivity contribution in [3.8, 4) is 5.75 Å². The molecule has 2 N–H and O–H groups in total. The van der Waals surface area contributed by atoms with Crippen molar-refractivity contribution < 1.29 is 14.6 Å². The SMILES string of the molecule is O=C(O)Oc1ccc(Cl)c2[nH]cc(CCCCN3CCC(c4ccccc4)CC3)c12. The summed E-state index contributed by atoms with van der Waals surface area (Å²) < 4.78 is 4.96. The van der Waals surface area contributed by atoms with E-state index in [9.17, 15) is 4.79 Å². The Morgan fingerprint density at radius 1 is 1.13 bits per heavy atom. The molecule has 0 radical (unpaired) electrons. The molecule has 6 heteroatoms. The molecule has 0 aliphatic carbocycles. The van der Waals surface area contributed by atoms with E-state index in [2.05, 4.69) is 40.2 Å². The number of carbonyl (C=O) groups is 1. The molecule has 1 aliphatic rings. The number of benzene rings is 2. The van der Waals surface area contributed by atoms with Crippen molar-refractivity contribution in [3.05, 3.63) is 64.8 Å². The van der Waals surface area contributed by atoms with Gasteiger partial charge < -0.3 is 19.7 Å². The van der Waals surface area contributed by atoms with E-state index in [1.165, 1.54) is 18.4 Å². The Morgan fingerprint density at radius 2 is 1.90 bits per heavy atom. The van der Waals surface area contributed by atoms with Crippen LogP contribution in [0.5, 0.6) is 5.75 Å². The molecule has 1 aliphatic heterocycles. The second-order valence-electron chi connectivity index (χ2n) is 7.96. The van der Waals surface area contributed by atoms with Gasteiger partial charge in [-0.2, -0.15) is 0 Å². The average molecular weight is 427 g/mol. The van der Waals surface area contributed by atoms with Crippen LogP contribution in [0.15, 0.2) is 48.7 Å². The molecule has 158 valence electrons. The van der Waals surface area contributed by atoms with E-state index in [1.807, 2.05) is 6.20 Å². The van der Waals surface area contributed by atoms with E-state index in [4.69, 9.17) is 21.4 Å². The quantitative estimate of drug-likeness (QED) is 0.273. The van der Waals surface area contributed by atoms with Crippen LogP contribution in [-0.2, 0) is 6.42 Å². The van der Waals surface area contributed by atoms with E-state index in [0.29, 0.717) is 16.7 Å². The van der Waals surface area contributed by atoms with Crippen LogP contribution in [0.4, 0.5) is 4.79 Å². The fraction of sp³-hybridized carbons (Fsp3) is 0.375. The number of hydrogen-bond donors (Lipinski definition) is 2. The van der Waals surface area contributed by atoms with Crippen molar-refractivity contribution in [1.82, 2.24) is 9.88 Å². The van der Waals surface area contributed by atoms with Gasteiger partial charge in [-0.25, -0.2) is 4.79 Å². The number of aromatic nitrogens is 1. The fourth-order valence-electron chi connectivity index (χ4n) is 4.49. The maximum Gasteiger partial charge on any atom is 0.511 e. The first kappa shape index (κ1) is 20.8. The molecule has 0 saturated carbocycles. The van der Waals surface area contributed by atoms with Crippen molar-refractivity contribution in [2.45, 2.75) is 38.0 Å². The lowest BCUT2D eigenvalue weighted by molar-refractivity contribution is 0.145. The summed E-state index contributed by atoms with van der Waals surface area (Å²) in [7, 11) is 0. The number of halogens is 1. The number of rotatable bonds is 7. The standard InChI is InChI=1S/C24H27ClN2O3/c25-20-9-10-21(30-24(28)29)22-19(16-26-23(20)22)8-4-5-13-27-14-11-18(12-15-27)17-6-2-1-3-7-17/h1-3,6-7,9-10,16,18,26H,4-5,8,11-15H2,(H,28,29). The third-order valence-electron chi connectivity index (χ3n) is 6.05. The summed E-state index contributed by atoms with van der Waals surface area (Å²) in [5, 5.41) is 10.3. The van der Waals surface area contributed by atoms with Crippen molar-refractivity contribution in [2.75, 3.05) is 19.6 Å². The van der Waals surface area contributed by atoms with Crippen molar-refractivity contribution in [2.24, 2.45) is 0 Å². The first-order chi connectivity index (χ1) is 14.6. The molecule has 0 spiro atoms. The van der Waals surface area contributed by atoms with E-state index >= 15 is 0 Å². The number of aromatic amines is 1. The summed E-state index contributed by atoms with van der Waals surface area (Å²) in [5.74, 6) is 1.02. The van der Waals surface area contributed by atoms with Gasteiger partial charge in [0.1, 0.15) is 5.75 Å². The fourth-order valence-corrected chi connectivity index (χ4v) is 4.70. The molecular weight excluding hydrogens is 400 g/mol. The lowest BCUT2D eigenvalue weighted by atomic mass is 9.89. The Labute approximate surface area is 181 Å². The smallest absolute Gasteiger partial charge is 0.449 e. The third-order valence-corrected chi connectivity index (χ3v) is 6.37. The Bertz CT molecular complexity index is 994. The molecule has 0 amide bonds. The van der Waals surface area contributed by atoms with Crippen LogP contribution in [0, 0.1) is 0 Å². The predicted molar refractivity (Wildman–Crippen MR) is 120 cm³/mol. The first-order valence-corrected chi connectivity index (χ1v) is 11.0. The molecule has 30 heavy (non-hydrogen) atoms. The minimum atomic E-state index is -1.32. The number of fused-ring (bicyclic) bond motifs is 1. The number of carboxylic acid groups (broad SMARTS) is 1. The van der Waals surface area contributed by atoms with Gasteiger partial charge in [-0.05, 0) is 80.9 Å². The zero-order chi connectivity index (χ0) is 20.9. The highest BCUT2D eigenvalue weighted by Crippen LogP contribution is 2.34. The monoisotopic (exact) mass is 426 g/mol. The Kier molecular flexibility index (Phi) is 6.60. The molecule has 0 atom stereocenters. The number of piperidine rings is 1. The Hall–Kier alpha value is -2.50. The summed E-state index contributed by atoms with van der Waals surface area (Å²) in [6.45, 7) is 3.40. The number of hydrogen-bond acceptors (Lipinski definition) is 3. The summed E-state index contributed by atoms with van der Waals surface area (Å²) >= 11 is 6.26. The van der Waals surface area contributed by atoms with Gasteiger partial charge in [-0.15, -0.1) is 0 Å². The maximum absolute atomic E-state index is 11.0. The Balaban J connectivity index is 1.29. The van der Waals surface area contributed by atoms with Crippen molar-refractivity contribution in [3.63, 3.8) is 0 Å². The predicted octanol–water partition coefficient (Wildman–Crippen LogP) is 6.08. The molecular formula is C24H27ClN2O3. The summed E-state index contributed by atoms with van der Waals surface area (Å²) in [6.07, 6.45) is 6.04. The molecule has 5 nitrogen and oxygen atoms in total. The van der Waals surface area contributed by atoms with Crippen LogP contribution in [0.2, 0.25) is 5.02 Å². The van der Waals surface area contributed by atoms with Crippen LogP contribution >= 0.6 is 11.6 Å². The first-order valence-electron chi connectivity index (χ1n) is 10.6. The van der Waals surface area contributed by atoms with Gasteiger partial charge in [0.25, 0.3) is 0 Å². The van der Waals surface area contributed by atoms with Gasteiger partial charge in [-0.3, -0.25) is 0 Å². The minimum Gasteiger partial charge on any atom is -0.449 e. The van der Waals surface area contributed by atoms with Crippen LogP contribution in [-0.4, -0.2) is 40.8 Å². The average Bonchev–Trinajstić information content (AvgIpc) is 3.19. The van der Waals surface area contributed by atoms with Gasteiger partial charge in [0.2, 0.25) is 0 Å². The molecule has 1 aromatic heterocycles. The molecule has 2 heterocycles. The summed E-state index contributed by atoms with van der Waals surface area (Å²) in [5.41, 5.74) is 3.24. The van der Waals surface area contributed by atoms with Gasteiger partial charge in [0.15, 0.2) is 0 Å². The highest BCUT2D eigenvalue weighted by molar-refractivity contribution is 6.35. The number of unbranched alkanes of at least 4 members (excludes halogenated alkanes) is 1. The van der Waals surface area contributed by atoms with Crippen molar-refractivity contribution >= 4 is 28.7 Å². The number of nitrogens with zero attached hydrogens (tertiary/aromatic N) is 1. The number of nitrogens with one attached hydrogen (secondary N) is 1. The minimum absolute atomic E-state index is 0.334. The number of aryl methyl sites for hydroxylation is 1. The Morgan fingerprint density at radius 3 is 2.63 bits per heavy atom. The van der Waals surface area contributed by atoms with E-state index in [-0.39, 0.29) is 0 Å². The van der Waals surface area contributed by atoms with Gasteiger partial charge >= 0.3 is 6.16 Å². The second kappa shape index (κ2) is 9.54. The topological polar surface area (TPSA) is 65.6 Å². The second-order valence-corrected chi connectivity index (χ2v) is 8.37. The third kappa shape index (κ3) is 4.79. The van der Waals surface area contributed by atoms with Gasteiger partial charge in [0, 0.05) is 11.6 Å². The van der Waals surface area contributed by atoms with Gasteiger partial charge in [0.05, 0.1) is 10.5 Å². The number of likely N-dealkylation sites (tertiary alicyclic amines) is 1.